The molecule has 4 rings (SSSR count). The second-order valence-electron chi connectivity index (χ2n) is 7.04. The van der Waals surface area contributed by atoms with E-state index in [-0.39, 0.29) is 0 Å². The largest absolute Gasteiger partial charge is 0.497 e. The summed E-state index contributed by atoms with van der Waals surface area (Å²) in [5.74, 6) is 0.196. The van der Waals surface area contributed by atoms with Crippen LogP contribution in [0.1, 0.15) is 34.6 Å². The number of methoxy groups -OCH3 is 2. The molecule has 0 radical (unpaired) electrons. The lowest BCUT2D eigenvalue weighted by Crippen LogP contribution is -2.27. The minimum Gasteiger partial charge on any atom is -0.497 e. The maximum absolute atomic E-state index is 12.1. The van der Waals surface area contributed by atoms with Gasteiger partial charge in [-0.1, -0.05) is 48.5 Å². The fourth-order valence-corrected chi connectivity index (χ4v) is 4.40. The molecule has 28 heavy (non-hydrogen) atoms. The molecule has 1 aliphatic rings. The van der Waals surface area contributed by atoms with Crippen molar-refractivity contribution in [3.05, 3.63) is 95.1 Å². The van der Waals surface area contributed by atoms with Gasteiger partial charge in [0.05, 0.1) is 20.1 Å². The summed E-state index contributed by atoms with van der Waals surface area (Å²) in [6, 6.07) is 23.7. The van der Waals surface area contributed by atoms with Crippen molar-refractivity contribution in [2.45, 2.75) is 17.8 Å². The van der Waals surface area contributed by atoms with Crippen LogP contribution < -0.4 is 9.47 Å². The van der Waals surface area contributed by atoms with E-state index in [1.165, 1.54) is 0 Å². The third-order valence-corrected chi connectivity index (χ3v) is 5.77. The molecule has 0 fully saturated rings. The van der Waals surface area contributed by atoms with E-state index < -0.39 is 17.3 Å². The average molecular weight is 374 g/mol. The Kier molecular flexibility index (Phi) is 4.55. The zero-order chi connectivity index (χ0) is 19.7. The molecule has 0 saturated carbocycles. The zero-order valence-corrected chi connectivity index (χ0v) is 15.9. The Hall–Kier alpha value is -3.27. The van der Waals surface area contributed by atoms with Crippen molar-refractivity contribution in [3.63, 3.8) is 0 Å². The van der Waals surface area contributed by atoms with Gasteiger partial charge in [0.15, 0.2) is 0 Å². The van der Waals surface area contributed by atoms with Gasteiger partial charge in [-0.05, 0) is 52.9 Å². The Morgan fingerprint density at radius 1 is 0.857 bits per heavy atom. The van der Waals surface area contributed by atoms with E-state index in [0.717, 1.165) is 33.8 Å². The molecular formula is C24H22O4. The number of carbonyl (C=O) groups is 1. The van der Waals surface area contributed by atoms with E-state index in [4.69, 9.17) is 9.47 Å². The summed E-state index contributed by atoms with van der Waals surface area (Å²) in [5.41, 5.74) is 3.47. The molecule has 3 aromatic carbocycles. The molecule has 0 spiro atoms. The van der Waals surface area contributed by atoms with E-state index in [1.807, 2.05) is 72.8 Å². The summed E-state index contributed by atoms with van der Waals surface area (Å²) in [4.78, 5) is 12.1. The maximum Gasteiger partial charge on any atom is 0.311 e. The number of carboxylic acids is 1. The number of fused-ring (bicyclic) bond motifs is 1. The number of rotatable bonds is 5. The Balaban J connectivity index is 1.98. The van der Waals surface area contributed by atoms with Crippen LogP contribution in [0, 0.1) is 0 Å². The van der Waals surface area contributed by atoms with Crippen LogP contribution in [0.2, 0.25) is 0 Å². The SMILES string of the molecule is COc1ccc(C2(c3ccc(OC)cc3)CC(C(=O)O)c3ccccc32)cc1. The molecule has 1 aliphatic carbocycles. The molecule has 4 nitrogen and oxygen atoms in total. The van der Waals surface area contributed by atoms with Crippen molar-refractivity contribution in [2.75, 3.05) is 14.2 Å². The molecule has 0 heterocycles. The summed E-state index contributed by atoms with van der Waals surface area (Å²) >= 11 is 0. The van der Waals surface area contributed by atoms with E-state index >= 15 is 0 Å². The van der Waals surface area contributed by atoms with Gasteiger partial charge in [-0.2, -0.15) is 0 Å². The first-order valence-electron chi connectivity index (χ1n) is 9.21. The van der Waals surface area contributed by atoms with Crippen LogP contribution in [0.3, 0.4) is 0 Å². The highest BCUT2D eigenvalue weighted by Crippen LogP contribution is 2.54. The number of hydrogen-bond donors (Lipinski definition) is 1. The van der Waals surface area contributed by atoms with Gasteiger partial charge >= 0.3 is 5.97 Å². The lowest BCUT2D eigenvalue weighted by molar-refractivity contribution is -0.138. The van der Waals surface area contributed by atoms with Gasteiger partial charge in [0.1, 0.15) is 11.5 Å². The van der Waals surface area contributed by atoms with Crippen molar-refractivity contribution < 1.29 is 19.4 Å². The highest BCUT2D eigenvalue weighted by Gasteiger charge is 2.48. The Bertz CT molecular complexity index is 942. The number of carboxylic acid groups (broad SMARTS) is 1. The predicted molar refractivity (Wildman–Crippen MR) is 107 cm³/mol. The second kappa shape index (κ2) is 7.04. The van der Waals surface area contributed by atoms with Crippen LogP contribution >= 0.6 is 0 Å². The quantitative estimate of drug-likeness (QED) is 0.709. The molecule has 0 aliphatic heterocycles. The molecule has 0 aromatic heterocycles. The summed E-state index contributed by atoms with van der Waals surface area (Å²) in [5, 5.41) is 9.91. The molecule has 1 N–H and O–H groups in total. The van der Waals surface area contributed by atoms with Crippen LogP contribution in [0.25, 0.3) is 0 Å². The van der Waals surface area contributed by atoms with Crippen molar-refractivity contribution >= 4 is 5.97 Å². The van der Waals surface area contributed by atoms with E-state index in [9.17, 15) is 9.90 Å². The van der Waals surface area contributed by atoms with Crippen molar-refractivity contribution in [3.8, 4) is 11.5 Å². The first-order valence-corrected chi connectivity index (χ1v) is 9.21. The Morgan fingerprint density at radius 2 is 1.36 bits per heavy atom. The van der Waals surface area contributed by atoms with Gasteiger partial charge in [0, 0.05) is 5.41 Å². The van der Waals surface area contributed by atoms with E-state index in [2.05, 4.69) is 0 Å². The van der Waals surface area contributed by atoms with Crippen molar-refractivity contribution in [1.82, 2.24) is 0 Å². The summed E-state index contributed by atoms with van der Waals surface area (Å²) < 4.78 is 10.6. The number of ether oxygens (including phenoxy) is 2. The minimum absolute atomic E-state index is 0.473. The molecule has 4 heteroatoms. The summed E-state index contributed by atoms with van der Waals surface area (Å²) in [6.45, 7) is 0. The first kappa shape index (κ1) is 18.1. The number of benzene rings is 3. The molecule has 0 amide bonds. The topological polar surface area (TPSA) is 55.8 Å². The third kappa shape index (κ3) is 2.73. The normalized spacial score (nSPS) is 17.0. The highest BCUT2D eigenvalue weighted by molar-refractivity contribution is 5.80. The highest BCUT2D eigenvalue weighted by atomic mass is 16.5. The van der Waals surface area contributed by atoms with E-state index in [0.29, 0.717) is 6.42 Å². The number of hydrogen-bond acceptors (Lipinski definition) is 3. The van der Waals surface area contributed by atoms with Crippen molar-refractivity contribution in [2.24, 2.45) is 0 Å². The number of aliphatic carboxylic acids is 1. The van der Waals surface area contributed by atoms with Crippen LogP contribution in [0.4, 0.5) is 0 Å². The van der Waals surface area contributed by atoms with Gasteiger partial charge in [-0.15, -0.1) is 0 Å². The maximum atomic E-state index is 12.1. The molecule has 3 aromatic rings. The smallest absolute Gasteiger partial charge is 0.311 e. The Labute approximate surface area is 164 Å². The van der Waals surface area contributed by atoms with Gasteiger partial charge in [0.25, 0.3) is 0 Å². The van der Waals surface area contributed by atoms with E-state index in [1.54, 1.807) is 14.2 Å². The van der Waals surface area contributed by atoms with Gasteiger partial charge in [-0.3, -0.25) is 4.79 Å². The summed E-state index contributed by atoms with van der Waals surface area (Å²) in [7, 11) is 3.28. The van der Waals surface area contributed by atoms with Gasteiger partial charge < -0.3 is 14.6 Å². The molecular weight excluding hydrogens is 352 g/mol. The molecule has 0 bridgehead atoms. The predicted octanol–water partition coefficient (Wildman–Crippen LogP) is 4.61. The van der Waals surface area contributed by atoms with Crippen LogP contribution in [-0.2, 0) is 10.2 Å². The average Bonchev–Trinajstić information content (AvgIpc) is 3.11. The molecule has 0 saturated heterocycles. The lowest BCUT2D eigenvalue weighted by atomic mass is 9.70. The van der Waals surface area contributed by atoms with Crippen LogP contribution in [0.5, 0.6) is 11.5 Å². The van der Waals surface area contributed by atoms with Gasteiger partial charge in [-0.25, -0.2) is 0 Å². The van der Waals surface area contributed by atoms with Crippen molar-refractivity contribution in [1.29, 1.82) is 0 Å². The third-order valence-electron chi connectivity index (χ3n) is 5.77. The fourth-order valence-electron chi connectivity index (χ4n) is 4.40. The zero-order valence-electron chi connectivity index (χ0n) is 15.9. The molecule has 1 atom stereocenters. The van der Waals surface area contributed by atoms with Crippen LogP contribution in [0.15, 0.2) is 72.8 Å². The Morgan fingerprint density at radius 3 is 1.82 bits per heavy atom. The standard InChI is InChI=1S/C24H22O4/c1-27-18-11-7-16(8-12-18)24(17-9-13-19(28-2)14-10-17)15-21(23(25)26)20-5-3-4-6-22(20)24/h3-14,21H,15H2,1-2H3,(H,25,26). The van der Waals surface area contributed by atoms with Crippen LogP contribution in [-0.4, -0.2) is 25.3 Å². The monoisotopic (exact) mass is 374 g/mol. The van der Waals surface area contributed by atoms with Gasteiger partial charge in [0.2, 0.25) is 0 Å². The summed E-state index contributed by atoms with van der Waals surface area (Å²) in [6.07, 6.45) is 0.473. The molecule has 1 unspecified atom stereocenters. The molecule has 142 valence electrons. The lowest BCUT2D eigenvalue weighted by Gasteiger charge is -2.32. The first-order chi connectivity index (χ1) is 13.6. The fraction of sp³-hybridized carbons (Fsp3) is 0.208. The second-order valence-corrected chi connectivity index (χ2v) is 7.04. The minimum atomic E-state index is -0.795.